The summed E-state index contributed by atoms with van der Waals surface area (Å²) in [6.45, 7) is 10.5. The molecule has 3 aromatic rings. The molecule has 0 spiro atoms. The number of benzene rings is 3. The Hall–Kier alpha value is -3.18. The maximum absolute atomic E-state index is 13.4. The van der Waals surface area contributed by atoms with E-state index in [4.69, 9.17) is 4.74 Å². The van der Waals surface area contributed by atoms with E-state index >= 15 is 0 Å². The minimum Gasteiger partial charge on any atom is -0.489 e. The molecule has 1 amide bonds. The monoisotopic (exact) mass is 476 g/mol. The first-order valence-corrected chi connectivity index (χ1v) is 12.5. The van der Waals surface area contributed by atoms with E-state index in [0.29, 0.717) is 18.7 Å². The maximum Gasteiger partial charge on any atom is 0.254 e. The summed E-state index contributed by atoms with van der Waals surface area (Å²) in [4.78, 5) is 17.7. The Morgan fingerprint density at radius 2 is 1.54 bits per heavy atom. The van der Waals surface area contributed by atoms with Crippen molar-refractivity contribution in [2.45, 2.75) is 52.8 Å². The molecule has 0 aliphatic heterocycles. The molecule has 3 aromatic carbocycles. The zero-order chi connectivity index (χ0) is 25.0. The van der Waals surface area contributed by atoms with Crippen molar-refractivity contribution >= 4 is 5.91 Å². The number of nitrogens with zero attached hydrogens (tertiary/aromatic N) is 2. The molecule has 0 heterocycles. The van der Waals surface area contributed by atoms with Crippen molar-refractivity contribution in [1.29, 1.82) is 0 Å². The minimum absolute atomic E-state index is 0.0529. The minimum atomic E-state index is -0.341. The van der Waals surface area contributed by atoms with Gasteiger partial charge >= 0.3 is 0 Å². The second-order valence-electron chi connectivity index (χ2n) is 8.88. The summed E-state index contributed by atoms with van der Waals surface area (Å²) in [5, 5.41) is 0. The lowest BCUT2D eigenvalue weighted by molar-refractivity contribution is 0.0662. The second kappa shape index (κ2) is 13.6. The average molecular weight is 477 g/mol. The lowest BCUT2D eigenvalue weighted by Crippen LogP contribution is -2.38. The van der Waals surface area contributed by atoms with Gasteiger partial charge in [0.15, 0.2) is 0 Å². The molecule has 0 bridgehead atoms. The first-order chi connectivity index (χ1) is 17.0. The molecule has 1 atom stereocenters. The Morgan fingerprint density at radius 3 is 2.17 bits per heavy atom. The molecule has 5 heteroatoms. The molecule has 0 saturated carbocycles. The quantitative estimate of drug-likeness (QED) is 0.280. The zero-order valence-corrected chi connectivity index (χ0v) is 21.1. The van der Waals surface area contributed by atoms with Gasteiger partial charge in [0, 0.05) is 18.2 Å². The van der Waals surface area contributed by atoms with Gasteiger partial charge in [0.2, 0.25) is 0 Å². The van der Waals surface area contributed by atoms with Crippen LogP contribution in [0.15, 0.2) is 78.9 Å². The van der Waals surface area contributed by atoms with Crippen LogP contribution >= 0.6 is 0 Å². The number of carbonyl (C=O) groups excluding carboxylic acids is 1. The Bertz CT molecular complexity index is 1020. The first-order valence-electron chi connectivity index (χ1n) is 12.5. The lowest BCUT2D eigenvalue weighted by Gasteiger charge is -2.30. The summed E-state index contributed by atoms with van der Waals surface area (Å²) in [5.74, 6) is 0.373. The maximum atomic E-state index is 13.4. The van der Waals surface area contributed by atoms with Crippen LogP contribution in [0, 0.1) is 5.82 Å². The van der Waals surface area contributed by atoms with Crippen LogP contribution in [0.25, 0.3) is 0 Å². The van der Waals surface area contributed by atoms with Gasteiger partial charge in [-0.2, -0.15) is 0 Å². The zero-order valence-electron chi connectivity index (χ0n) is 21.1. The fourth-order valence-corrected chi connectivity index (χ4v) is 4.12. The summed E-state index contributed by atoms with van der Waals surface area (Å²) in [5.41, 5.74) is 2.65. The predicted octanol–water partition coefficient (Wildman–Crippen LogP) is 6.56. The molecule has 0 fully saturated rings. The predicted molar refractivity (Wildman–Crippen MR) is 140 cm³/mol. The molecular weight excluding hydrogens is 439 g/mol. The van der Waals surface area contributed by atoms with Crippen molar-refractivity contribution < 1.29 is 13.9 Å². The van der Waals surface area contributed by atoms with Crippen LogP contribution in [-0.2, 0) is 13.2 Å². The standard InChI is InChI=1S/C30H37FN2O2/c1-4-32(5-2)21-9-10-24(3)33(30(34)27-15-17-28(31)18-16-27)22-25-13-19-29(20-14-25)35-23-26-11-7-6-8-12-26/h6-8,11-20,24H,4-5,9-10,21-23H2,1-3H3. The first kappa shape index (κ1) is 26.4. The van der Waals surface area contributed by atoms with Crippen LogP contribution in [0.1, 0.15) is 55.1 Å². The highest BCUT2D eigenvalue weighted by Crippen LogP contribution is 2.20. The van der Waals surface area contributed by atoms with Crippen molar-refractivity contribution in [1.82, 2.24) is 9.80 Å². The smallest absolute Gasteiger partial charge is 0.254 e. The van der Waals surface area contributed by atoms with Crippen LogP contribution in [0.3, 0.4) is 0 Å². The molecule has 4 nitrogen and oxygen atoms in total. The SMILES string of the molecule is CCN(CC)CCCC(C)N(Cc1ccc(OCc2ccccc2)cc1)C(=O)c1ccc(F)cc1. The van der Waals surface area contributed by atoms with E-state index in [0.717, 1.165) is 49.4 Å². The van der Waals surface area contributed by atoms with Crippen molar-refractivity contribution in [3.63, 3.8) is 0 Å². The number of ether oxygens (including phenoxy) is 1. The van der Waals surface area contributed by atoms with E-state index in [1.54, 1.807) is 12.1 Å². The topological polar surface area (TPSA) is 32.8 Å². The Kier molecular flexibility index (Phi) is 10.3. The Morgan fingerprint density at radius 1 is 0.886 bits per heavy atom. The van der Waals surface area contributed by atoms with Crippen LogP contribution in [0.2, 0.25) is 0 Å². The fourth-order valence-electron chi connectivity index (χ4n) is 4.12. The lowest BCUT2D eigenvalue weighted by atomic mass is 10.1. The third-order valence-corrected chi connectivity index (χ3v) is 6.40. The van der Waals surface area contributed by atoms with Gasteiger partial charge in [0.1, 0.15) is 18.2 Å². The van der Waals surface area contributed by atoms with Gasteiger partial charge in [0.25, 0.3) is 5.91 Å². The van der Waals surface area contributed by atoms with E-state index < -0.39 is 0 Å². The molecule has 3 rings (SSSR count). The molecule has 35 heavy (non-hydrogen) atoms. The molecule has 0 aromatic heterocycles. The summed E-state index contributed by atoms with van der Waals surface area (Å²) >= 11 is 0. The van der Waals surface area contributed by atoms with E-state index in [-0.39, 0.29) is 17.8 Å². The van der Waals surface area contributed by atoms with Crippen molar-refractivity contribution in [2.75, 3.05) is 19.6 Å². The molecule has 0 radical (unpaired) electrons. The molecule has 1 unspecified atom stereocenters. The number of amides is 1. The molecule has 186 valence electrons. The van der Waals surface area contributed by atoms with Crippen molar-refractivity contribution in [3.8, 4) is 5.75 Å². The summed E-state index contributed by atoms with van der Waals surface area (Å²) < 4.78 is 19.3. The van der Waals surface area contributed by atoms with E-state index in [1.807, 2.05) is 59.5 Å². The van der Waals surface area contributed by atoms with E-state index in [2.05, 4.69) is 25.7 Å². The van der Waals surface area contributed by atoms with Crippen LogP contribution in [0.4, 0.5) is 4.39 Å². The van der Waals surface area contributed by atoms with E-state index in [1.165, 1.54) is 12.1 Å². The normalized spacial score (nSPS) is 11.9. The number of hydrogen-bond donors (Lipinski definition) is 0. The highest BCUT2D eigenvalue weighted by atomic mass is 19.1. The number of hydrogen-bond acceptors (Lipinski definition) is 3. The second-order valence-corrected chi connectivity index (χ2v) is 8.88. The van der Waals surface area contributed by atoms with Gasteiger partial charge in [-0.05, 0) is 86.9 Å². The van der Waals surface area contributed by atoms with Crippen molar-refractivity contribution in [3.05, 3.63) is 101 Å². The van der Waals surface area contributed by atoms with Gasteiger partial charge in [-0.1, -0.05) is 56.3 Å². The number of halogens is 1. The van der Waals surface area contributed by atoms with Crippen molar-refractivity contribution in [2.24, 2.45) is 0 Å². The molecule has 0 aliphatic rings. The molecule has 0 aliphatic carbocycles. The summed E-state index contributed by atoms with van der Waals surface area (Å²) in [6, 6.07) is 23.8. The van der Waals surface area contributed by atoms with Gasteiger partial charge in [0.05, 0.1) is 0 Å². The number of rotatable bonds is 13. The van der Waals surface area contributed by atoms with Gasteiger partial charge in [-0.3, -0.25) is 4.79 Å². The average Bonchev–Trinajstić information content (AvgIpc) is 2.90. The van der Waals surface area contributed by atoms with Gasteiger partial charge in [-0.15, -0.1) is 0 Å². The Balaban J connectivity index is 1.67. The van der Waals surface area contributed by atoms with Crippen LogP contribution in [-0.4, -0.2) is 41.4 Å². The highest BCUT2D eigenvalue weighted by Gasteiger charge is 2.22. The van der Waals surface area contributed by atoms with Crippen LogP contribution < -0.4 is 4.74 Å². The van der Waals surface area contributed by atoms with E-state index in [9.17, 15) is 9.18 Å². The highest BCUT2D eigenvalue weighted by molar-refractivity contribution is 5.94. The third-order valence-electron chi connectivity index (χ3n) is 6.40. The fraction of sp³-hybridized carbons (Fsp3) is 0.367. The number of carbonyl (C=O) groups is 1. The summed E-state index contributed by atoms with van der Waals surface area (Å²) in [7, 11) is 0. The Labute approximate surface area is 209 Å². The summed E-state index contributed by atoms with van der Waals surface area (Å²) in [6.07, 6.45) is 1.92. The largest absolute Gasteiger partial charge is 0.489 e. The third kappa shape index (κ3) is 8.22. The van der Waals surface area contributed by atoms with Gasteiger partial charge < -0.3 is 14.5 Å². The molecule has 0 N–H and O–H groups in total. The van der Waals surface area contributed by atoms with Gasteiger partial charge in [-0.25, -0.2) is 4.39 Å². The van der Waals surface area contributed by atoms with Crippen LogP contribution in [0.5, 0.6) is 5.75 Å². The molecular formula is C30H37FN2O2. The molecule has 0 saturated heterocycles.